The zero-order valence-electron chi connectivity index (χ0n) is 12.3. The number of pyridine rings is 1. The van der Waals surface area contributed by atoms with Gasteiger partial charge in [0.2, 0.25) is 10.0 Å². The molecule has 1 fully saturated rings. The molecule has 0 saturated carbocycles. The third kappa shape index (κ3) is 4.64. The molecule has 5 nitrogen and oxygen atoms in total. The van der Waals surface area contributed by atoms with E-state index in [0.29, 0.717) is 31.7 Å². The van der Waals surface area contributed by atoms with Crippen molar-refractivity contribution in [2.24, 2.45) is 0 Å². The Morgan fingerprint density at radius 3 is 3.00 bits per heavy atom. The summed E-state index contributed by atoms with van der Waals surface area (Å²) in [5.41, 5.74) is 0. The second-order valence-electron chi connectivity index (χ2n) is 5.38. The lowest BCUT2D eigenvalue weighted by molar-refractivity contribution is 0.557. The van der Waals surface area contributed by atoms with E-state index in [1.807, 2.05) is 6.92 Å². The van der Waals surface area contributed by atoms with Gasteiger partial charge in [0, 0.05) is 25.3 Å². The van der Waals surface area contributed by atoms with Gasteiger partial charge in [-0.25, -0.2) is 22.5 Å². The molecule has 2 rings (SSSR count). The quantitative estimate of drug-likeness (QED) is 0.781. The average molecular weight is 315 g/mol. The van der Waals surface area contributed by atoms with Crippen molar-refractivity contribution in [1.29, 1.82) is 0 Å². The molecular weight excluding hydrogens is 293 g/mol. The van der Waals surface area contributed by atoms with Crippen LogP contribution < -0.4 is 9.62 Å². The molecule has 0 aliphatic carbocycles. The van der Waals surface area contributed by atoms with E-state index in [0.717, 1.165) is 12.8 Å². The van der Waals surface area contributed by atoms with Crippen molar-refractivity contribution in [3.63, 3.8) is 0 Å². The zero-order valence-corrected chi connectivity index (χ0v) is 13.1. The summed E-state index contributed by atoms with van der Waals surface area (Å²) in [6, 6.07) is 2.74. The number of nitrogens with zero attached hydrogens (tertiary/aromatic N) is 2. The summed E-state index contributed by atoms with van der Waals surface area (Å²) in [7, 11) is -3.24. The van der Waals surface area contributed by atoms with Gasteiger partial charge in [0.05, 0.1) is 5.75 Å². The van der Waals surface area contributed by atoms with E-state index in [1.54, 1.807) is 17.2 Å². The predicted molar refractivity (Wildman–Crippen MR) is 81.3 cm³/mol. The predicted octanol–water partition coefficient (Wildman–Crippen LogP) is 1.91. The van der Waals surface area contributed by atoms with Crippen LogP contribution in [-0.2, 0) is 10.0 Å². The molecule has 1 unspecified atom stereocenters. The Morgan fingerprint density at radius 1 is 1.48 bits per heavy atom. The molecule has 1 saturated heterocycles. The summed E-state index contributed by atoms with van der Waals surface area (Å²) < 4.78 is 40.3. The Labute approximate surface area is 125 Å². The fraction of sp³-hybridized carbons (Fsp3) is 0.643. The topological polar surface area (TPSA) is 62.3 Å². The lowest BCUT2D eigenvalue weighted by Crippen LogP contribution is -2.38. The van der Waals surface area contributed by atoms with Crippen LogP contribution in [0.1, 0.15) is 32.6 Å². The maximum absolute atomic E-state index is 13.7. The highest BCUT2D eigenvalue weighted by Crippen LogP contribution is 2.21. The molecule has 0 aromatic carbocycles. The Hall–Kier alpha value is -1.21. The molecular formula is C14H22FN3O2S. The number of sulfonamides is 1. The van der Waals surface area contributed by atoms with Gasteiger partial charge in [-0.3, -0.25) is 0 Å². The highest BCUT2D eigenvalue weighted by molar-refractivity contribution is 7.89. The number of halogens is 1. The number of hydrogen-bond donors (Lipinski definition) is 1. The summed E-state index contributed by atoms with van der Waals surface area (Å²) >= 11 is 0. The van der Waals surface area contributed by atoms with Gasteiger partial charge in [0.15, 0.2) is 11.6 Å². The lowest BCUT2D eigenvalue weighted by atomic mass is 10.3. The lowest BCUT2D eigenvalue weighted by Gasteiger charge is -2.18. The minimum absolute atomic E-state index is 0.162. The highest BCUT2D eigenvalue weighted by atomic mass is 32.2. The second kappa shape index (κ2) is 7.17. The van der Waals surface area contributed by atoms with Crippen molar-refractivity contribution in [3.05, 3.63) is 24.1 Å². The molecule has 0 radical (unpaired) electrons. The summed E-state index contributed by atoms with van der Waals surface area (Å²) in [5.74, 6) is 0.0871. The zero-order chi connectivity index (χ0) is 15.3. The van der Waals surface area contributed by atoms with Gasteiger partial charge < -0.3 is 4.90 Å². The van der Waals surface area contributed by atoms with Gasteiger partial charge in [-0.15, -0.1) is 0 Å². The minimum Gasteiger partial charge on any atom is -0.353 e. The van der Waals surface area contributed by atoms with E-state index in [4.69, 9.17) is 0 Å². The van der Waals surface area contributed by atoms with Crippen molar-refractivity contribution in [3.8, 4) is 0 Å². The van der Waals surface area contributed by atoms with Gasteiger partial charge in [-0.05, 0) is 25.0 Å². The number of rotatable bonds is 7. The van der Waals surface area contributed by atoms with Crippen molar-refractivity contribution in [2.45, 2.75) is 38.6 Å². The standard InChI is InChI=1S/C14H22FN3O2S/c1-2-3-4-10-21(19,20)17-12-7-9-18(11-12)14-13(15)6-5-8-16-14/h5-6,8,12,17H,2-4,7,9-11H2,1H3. The van der Waals surface area contributed by atoms with E-state index in [9.17, 15) is 12.8 Å². The number of hydrogen-bond acceptors (Lipinski definition) is 4. The average Bonchev–Trinajstić information content (AvgIpc) is 2.87. The van der Waals surface area contributed by atoms with Gasteiger partial charge in [-0.1, -0.05) is 19.8 Å². The first-order valence-corrected chi connectivity index (χ1v) is 9.02. The van der Waals surface area contributed by atoms with E-state index in [-0.39, 0.29) is 17.6 Å². The van der Waals surface area contributed by atoms with Gasteiger partial charge in [-0.2, -0.15) is 0 Å². The summed E-state index contributed by atoms with van der Waals surface area (Å²) in [6.07, 6.45) is 4.79. The molecule has 0 amide bonds. The summed E-state index contributed by atoms with van der Waals surface area (Å²) in [4.78, 5) is 5.81. The van der Waals surface area contributed by atoms with Crippen molar-refractivity contribution >= 4 is 15.8 Å². The molecule has 0 spiro atoms. The van der Waals surface area contributed by atoms with Crippen LogP contribution in [0, 0.1) is 5.82 Å². The van der Waals surface area contributed by atoms with E-state index < -0.39 is 10.0 Å². The maximum atomic E-state index is 13.7. The minimum atomic E-state index is -3.24. The van der Waals surface area contributed by atoms with Gasteiger partial charge in [0.1, 0.15) is 0 Å². The molecule has 1 N–H and O–H groups in total. The van der Waals surface area contributed by atoms with Crippen LogP contribution in [0.4, 0.5) is 10.2 Å². The third-order valence-electron chi connectivity index (χ3n) is 3.59. The van der Waals surface area contributed by atoms with Gasteiger partial charge >= 0.3 is 0 Å². The second-order valence-corrected chi connectivity index (χ2v) is 7.26. The highest BCUT2D eigenvalue weighted by Gasteiger charge is 2.28. The molecule has 1 aromatic heterocycles. The SMILES string of the molecule is CCCCCS(=O)(=O)NC1CCN(c2ncccc2F)C1. The van der Waals surface area contributed by atoms with Crippen molar-refractivity contribution < 1.29 is 12.8 Å². The first-order valence-electron chi connectivity index (χ1n) is 7.37. The molecule has 2 heterocycles. The van der Waals surface area contributed by atoms with Crippen LogP contribution in [-0.4, -0.2) is 38.3 Å². The molecule has 1 aliphatic heterocycles. The van der Waals surface area contributed by atoms with Crippen molar-refractivity contribution in [1.82, 2.24) is 9.71 Å². The number of nitrogens with one attached hydrogen (secondary N) is 1. The largest absolute Gasteiger partial charge is 0.353 e. The summed E-state index contributed by atoms with van der Waals surface area (Å²) in [6.45, 7) is 3.10. The number of anilines is 1. The first kappa shape index (κ1) is 16.2. The number of aromatic nitrogens is 1. The van der Waals surface area contributed by atoms with Crippen LogP contribution in [0.15, 0.2) is 18.3 Å². The van der Waals surface area contributed by atoms with E-state index in [1.165, 1.54) is 6.07 Å². The molecule has 1 aromatic rings. The molecule has 1 aliphatic rings. The van der Waals surface area contributed by atoms with Gasteiger partial charge in [0.25, 0.3) is 0 Å². The Balaban J connectivity index is 1.89. The maximum Gasteiger partial charge on any atom is 0.211 e. The smallest absolute Gasteiger partial charge is 0.211 e. The Kier molecular flexibility index (Phi) is 5.52. The number of unbranched alkanes of at least 4 members (excludes halogenated alkanes) is 2. The molecule has 0 bridgehead atoms. The van der Waals surface area contributed by atoms with E-state index >= 15 is 0 Å². The third-order valence-corrected chi connectivity index (χ3v) is 5.11. The van der Waals surface area contributed by atoms with Crippen LogP contribution in [0.5, 0.6) is 0 Å². The van der Waals surface area contributed by atoms with E-state index in [2.05, 4.69) is 9.71 Å². The van der Waals surface area contributed by atoms with Crippen LogP contribution in [0.3, 0.4) is 0 Å². The summed E-state index contributed by atoms with van der Waals surface area (Å²) in [5, 5.41) is 0. The van der Waals surface area contributed by atoms with Crippen LogP contribution in [0.25, 0.3) is 0 Å². The fourth-order valence-corrected chi connectivity index (χ4v) is 3.92. The normalized spacial score (nSPS) is 19.1. The van der Waals surface area contributed by atoms with Crippen LogP contribution >= 0.6 is 0 Å². The Bertz CT molecular complexity index is 565. The molecule has 7 heteroatoms. The Morgan fingerprint density at radius 2 is 2.29 bits per heavy atom. The monoisotopic (exact) mass is 315 g/mol. The molecule has 21 heavy (non-hydrogen) atoms. The van der Waals surface area contributed by atoms with Crippen molar-refractivity contribution in [2.75, 3.05) is 23.7 Å². The first-order chi connectivity index (χ1) is 10.0. The molecule has 118 valence electrons. The molecule has 1 atom stereocenters. The fourth-order valence-electron chi connectivity index (χ4n) is 2.51. The van der Waals surface area contributed by atoms with Crippen LogP contribution in [0.2, 0.25) is 0 Å².